The van der Waals surface area contributed by atoms with E-state index in [0.29, 0.717) is 39.2 Å². The molecule has 0 aliphatic carbocycles. The first-order chi connectivity index (χ1) is 17.5. The molecule has 0 aliphatic rings. The molecule has 0 radical (unpaired) electrons. The van der Waals surface area contributed by atoms with Crippen molar-refractivity contribution in [2.24, 2.45) is 0 Å². The van der Waals surface area contributed by atoms with E-state index in [1.54, 1.807) is 0 Å². The molecule has 0 amide bonds. The highest BCUT2D eigenvalue weighted by Crippen LogP contribution is 2.33. The summed E-state index contributed by atoms with van der Waals surface area (Å²) < 4.78 is 21.9. The SMILES string of the molecule is CCOCCOc1ccc(-c2cc(CNc3ccc(CCC(=O)OC)cc3)ccc2OC(C)C)cc1. The Morgan fingerprint density at radius 3 is 2.31 bits per heavy atom. The van der Waals surface area contributed by atoms with E-state index in [1.807, 2.05) is 63.2 Å². The summed E-state index contributed by atoms with van der Waals surface area (Å²) in [6.45, 7) is 8.51. The minimum Gasteiger partial charge on any atom is -0.491 e. The molecule has 0 fully saturated rings. The van der Waals surface area contributed by atoms with E-state index in [9.17, 15) is 4.79 Å². The van der Waals surface area contributed by atoms with Crippen LogP contribution in [0.5, 0.6) is 11.5 Å². The van der Waals surface area contributed by atoms with Crippen LogP contribution < -0.4 is 14.8 Å². The van der Waals surface area contributed by atoms with E-state index in [4.69, 9.17) is 18.9 Å². The van der Waals surface area contributed by atoms with Crippen molar-refractivity contribution in [2.75, 3.05) is 32.2 Å². The topological polar surface area (TPSA) is 66.0 Å². The summed E-state index contributed by atoms with van der Waals surface area (Å²) in [6, 6.07) is 22.5. The second kappa shape index (κ2) is 14.1. The summed E-state index contributed by atoms with van der Waals surface area (Å²) in [5, 5.41) is 3.48. The van der Waals surface area contributed by atoms with Gasteiger partial charge in [0.05, 0.1) is 19.8 Å². The van der Waals surface area contributed by atoms with Crippen LogP contribution in [0.25, 0.3) is 11.1 Å². The van der Waals surface area contributed by atoms with Crippen molar-refractivity contribution >= 4 is 11.7 Å². The maximum Gasteiger partial charge on any atom is 0.305 e. The number of hydrogen-bond donors (Lipinski definition) is 1. The van der Waals surface area contributed by atoms with Gasteiger partial charge in [-0.3, -0.25) is 4.79 Å². The van der Waals surface area contributed by atoms with Crippen LogP contribution in [0.4, 0.5) is 5.69 Å². The summed E-state index contributed by atoms with van der Waals surface area (Å²) in [7, 11) is 1.41. The highest BCUT2D eigenvalue weighted by molar-refractivity contribution is 5.72. The Morgan fingerprint density at radius 1 is 0.917 bits per heavy atom. The number of aryl methyl sites for hydroxylation is 1. The zero-order valence-corrected chi connectivity index (χ0v) is 21.7. The fourth-order valence-corrected chi connectivity index (χ4v) is 3.70. The van der Waals surface area contributed by atoms with Gasteiger partial charge in [0.1, 0.15) is 18.1 Å². The van der Waals surface area contributed by atoms with Crippen LogP contribution >= 0.6 is 0 Å². The van der Waals surface area contributed by atoms with Gasteiger partial charge in [0.25, 0.3) is 0 Å². The van der Waals surface area contributed by atoms with E-state index in [2.05, 4.69) is 29.6 Å². The molecule has 0 heterocycles. The molecule has 0 bridgehead atoms. The number of carbonyl (C=O) groups excluding carboxylic acids is 1. The largest absolute Gasteiger partial charge is 0.491 e. The van der Waals surface area contributed by atoms with Crippen LogP contribution in [0.15, 0.2) is 66.7 Å². The molecule has 3 rings (SSSR count). The molecular formula is C30H37NO5. The lowest BCUT2D eigenvalue weighted by Crippen LogP contribution is -2.07. The van der Waals surface area contributed by atoms with Crippen molar-refractivity contribution in [3.8, 4) is 22.6 Å². The average molecular weight is 492 g/mol. The number of ether oxygens (including phenoxy) is 4. The zero-order valence-electron chi connectivity index (χ0n) is 21.7. The number of benzene rings is 3. The monoisotopic (exact) mass is 491 g/mol. The Morgan fingerprint density at radius 2 is 1.64 bits per heavy atom. The third kappa shape index (κ3) is 8.61. The molecule has 0 spiro atoms. The second-order valence-corrected chi connectivity index (χ2v) is 8.69. The molecule has 0 atom stereocenters. The van der Waals surface area contributed by atoms with Crippen molar-refractivity contribution in [2.45, 2.75) is 46.3 Å². The zero-order chi connectivity index (χ0) is 25.8. The van der Waals surface area contributed by atoms with Gasteiger partial charge < -0.3 is 24.3 Å². The molecule has 3 aromatic rings. The molecule has 3 aromatic carbocycles. The molecule has 36 heavy (non-hydrogen) atoms. The quantitative estimate of drug-likeness (QED) is 0.212. The molecule has 0 aliphatic heterocycles. The highest BCUT2D eigenvalue weighted by Gasteiger charge is 2.10. The maximum atomic E-state index is 11.4. The summed E-state index contributed by atoms with van der Waals surface area (Å²) in [4.78, 5) is 11.4. The normalized spacial score (nSPS) is 10.8. The number of rotatable bonds is 14. The first-order valence-corrected chi connectivity index (χ1v) is 12.5. The van der Waals surface area contributed by atoms with Gasteiger partial charge >= 0.3 is 5.97 Å². The number of nitrogens with one attached hydrogen (secondary N) is 1. The summed E-state index contributed by atoms with van der Waals surface area (Å²) in [5.41, 5.74) is 5.39. The standard InChI is InChI=1S/C30H37NO5/c1-5-34-18-19-35-27-14-10-25(11-15-27)28-20-24(8-16-29(28)36-22(2)3)21-31-26-12-6-23(7-13-26)9-17-30(32)33-4/h6-8,10-16,20,22,31H,5,9,17-19,21H2,1-4H3. The van der Waals surface area contributed by atoms with Crippen molar-refractivity contribution in [1.82, 2.24) is 0 Å². The fourth-order valence-electron chi connectivity index (χ4n) is 3.70. The third-order valence-corrected chi connectivity index (χ3v) is 5.57. The van der Waals surface area contributed by atoms with Gasteiger partial charge in [0.2, 0.25) is 0 Å². The smallest absolute Gasteiger partial charge is 0.305 e. The van der Waals surface area contributed by atoms with E-state index in [-0.39, 0.29) is 12.1 Å². The van der Waals surface area contributed by atoms with E-state index in [1.165, 1.54) is 7.11 Å². The van der Waals surface area contributed by atoms with E-state index in [0.717, 1.165) is 39.4 Å². The van der Waals surface area contributed by atoms with Crippen LogP contribution in [0, 0.1) is 0 Å². The summed E-state index contributed by atoms with van der Waals surface area (Å²) in [6.07, 6.45) is 1.13. The number of hydrogen-bond acceptors (Lipinski definition) is 6. The van der Waals surface area contributed by atoms with Gasteiger partial charge in [0.15, 0.2) is 0 Å². The average Bonchev–Trinajstić information content (AvgIpc) is 2.90. The number of methoxy groups -OCH3 is 1. The number of esters is 1. The number of anilines is 1. The molecule has 0 saturated carbocycles. The van der Waals surface area contributed by atoms with Crippen molar-refractivity contribution in [3.05, 3.63) is 77.9 Å². The van der Waals surface area contributed by atoms with Gasteiger partial charge in [-0.2, -0.15) is 0 Å². The maximum absolute atomic E-state index is 11.4. The minimum absolute atomic E-state index is 0.0756. The van der Waals surface area contributed by atoms with Crippen LogP contribution in [-0.2, 0) is 27.2 Å². The third-order valence-electron chi connectivity index (χ3n) is 5.57. The van der Waals surface area contributed by atoms with Crippen LogP contribution in [0.1, 0.15) is 38.3 Å². The second-order valence-electron chi connectivity index (χ2n) is 8.69. The first-order valence-electron chi connectivity index (χ1n) is 12.5. The van der Waals surface area contributed by atoms with Crippen LogP contribution in [0.2, 0.25) is 0 Å². The highest BCUT2D eigenvalue weighted by atomic mass is 16.5. The molecule has 0 saturated heterocycles. The molecule has 0 unspecified atom stereocenters. The number of carbonyl (C=O) groups is 1. The minimum atomic E-state index is -0.193. The predicted octanol–water partition coefficient (Wildman–Crippen LogP) is 6.27. The van der Waals surface area contributed by atoms with E-state index >= 15 is 0 Å². The van der Waals surface area contributed by atoms with E-state index < -0.39 is 0 Å². The Labute approximate surface area is 214 Å². The Bertz CT molecular complexity index is 1080. The fraction of sp³-hybridized carbons (Fsp3) is 0.367. The van der Waals surface area contributed by atoms with Gasteiger partial charge in [-0.05, 0) is 80.3 Å². The van der Waals surface area contributed by atoms with Crippen LogP contribution in [-0.4, -0.2) is 39.0 Å². The molecular weight excluding hydrogens is 454 g/mol. The first kappa shape index (κ1) is 27.1. The molecule has 6 nitrogen and oxygen atoms in total. The van der Waals surface area contributed by atoms with Gasteiger partial charge in [0, 0.05) is 30.8 Å². The lowest BCUT2D eigenvalue weighted by molar-refractivity contribution is -0.140. The molecule has 192 valence electrons. The van der Waals surface area contributed by atoms with Crippen molar-refractivity contribution in [3.63, 3.8) is 0 Å². The molecule has 1 N–H and O–H groups in total. The van der Waals surface area contributed by atoms with Gasteiger partial charge in [-0.15, -0.1) is 0 Å². The summed E-state index contributed by atoms with van der Waals surface area (Å²) in [5.74, 6) is 1.48. The Hall–Kier alpha value is -3.51. The lowest BCUT2D eigenvalue weighted by Gasteiger charge is -2.17. The van der Waals surface area contributed by atoms with Crippen molar-refractivity contribution in [1.29, 1.82) is 0 Å². The Balaban J connectivity index is 1.67. The lowest BCUT2D eigenvalue weighted by atomic mass is 10.0. The van der Waals surface area contributed by atoms with Crippen LogP contribution in [0.3, 0.4) is 0 Å². The molecule has 6 heteroatoms. The molecule has 0 aromatic heterocycles. The Kier molecular flexibility index (Phi) is 10.6. The van der Waals surface area contributed by atoms with Gasteiger partial charge in [-0.25, -0.2) is 0 Å². The van der Waals surface area contributed by atoms with Gasteiger partial charge in [-0.1, -0.05) is 30.3 Å². The summed E-state index contributed by atoms with van der Waals surface area (Å²) >= 11 is 0. The van der Waals surface area contributed by atoms with Crippen molar-refractivity contribution < 1.29 is 23.7 Å². The predicted molar refractivity (Wildman–Crippen MR) is 144 cm³/mol.